The molecule has 1 unspecified atom stereocenters. The van der Waals surface area contributed by atoms with E-state index in [9.17, 15) is 0 Å². The second kappa shape index (κ2) is 6.02. The van der Waals surface area contributed by atoms with Crippen LogP contribution in [0.4, 0.5) is 0 Å². The van der Waals surface area contributed by atoms with Crippen LogP contribution in [-0.4, -0.2) is 35.7 Å². The van der Waals surface area contributed by atoms with E-state index in [1.807, 2.05) is 0 Å². The van der Waals surface area contributed by atoms with Gasteiger partial charge in [-0.2, -0.15) is 0 Å². The van der Waals surface area contributed by atoms with E-state index in [0.717, 1.165) is 32.3 Å². The van der Waals surface area contributed by atoms with Crippen molar-refractivity contribution in [1.82, 2.24) is 0 Å². The number of hydrogen-bond acceptors (Lipinski definition) is 4. The molecule has 5 heteroatoms. The zero-order valence-electron chi connectivity index (χ0n) is 6.28. The fraction of sp³-hybridized carbons (Fsp3) is 1.00. The monoisotopic (exact) mass is 192 g/mol. The summed E-state index contributed by atoms with van der Waals surface area (Å²) in [5.74, 6) is 0. The number of ether oxygens (including phenoxy) is 2. The van der Waals surface area contributed by atoms with Gasteiger partial charge in [0.1, 0.15) is 6.10 Å². The summed E-state index contributed by atoms with van der Waals surface area (Å²) in [7, 11) is 0.489. The van der Waals surface area contributed by atoms with Gasteiger partial charge in [-0.25, -0.2) is 0 Å². The van der Waals surface area contributed by atoms with E-state index in [-0.39, 0.29) is 0 Å². The molecule has 0 aromatic carbocycles. The van der Waals surface area contributed by atoms with Crippen molar-refractivity contribution in [2.45, 2.75) is 18.6 Å². The maximum Gasteiger partial charge on any atom is 0.251 e. The molecule has 3 nitrogen and oxygen atoms in total. The fourth-order valence-electron chi connectivity index (χ4n) is 0.671. The number of rotatable bonds is 7. The SMILES string of the molecule is SO[Si]CCCOCC1CO1. The van der Waals surface area contributed by atoms with Crippen LogP contribution in [0.5, 0.6) is 0 Å². The first-order chi connectivity index (χ1) is 5.43. The van der Waals surface area contributed by atoms with Gasteiger partial charge in [-0.1, -0.05) is 0 Å². The average molecular weight is 192 g/mol. The molecule has 0 N–H and O–H groups in total. The second-order valence-electron chi connectivity index (χ2n) is 2.37. The molecule has 1 saturated heterocycles. The Morgan fingerprint density at radius 2 is 2.45 bits per heavy atom. The highest BCUT2D eigenvalue weighted by molar-refractivity contribution is 7.75. The molecule has 0 spiro atoms. The number of epoxide rings is 1. The molecule has 11 heavy (non-hydrogen) atoms. The van der Waals surface area contributed by atoms with E-state index in [2.05, 4.69) is 16.8 Å². The van der Waals surface area contributed by atoms with Crippen molar-refractivity contribution >= 4 is 22.7 Å². The summed E-state index contributed by atoms with van der Waals surface area (Å²) < 4.78 is 14.9. The number of hydrogen-bond donors (Lipinski definition) is 1. The van der Waals surface area contributed by atoms with Crippen molar-refractivity contribution < 1.29 is 13.3 Å². The summed E-state index contributed by atoms with van der Waals surface area (Å²) in [6.45, 7) is 2.44. The van der Waals surface area contributed by atoms with E-state index in [1.54, 1.807) is 0 Å². The third-order valence-corrected chi connectivity index (χ3v) is 2.41. The smallest absolute Gasteiger partial charge is 0.251 e. The number of thiol groups is 1. The first-order valence-electron chi connectivity index (χ1n) is 3.66. The van der Waals surface area contributed by atoms with Crippen LogP contribution in [0.3, 0.4) is 0 Å². The molecular weight excluding hydrogens is 180 g/mol. The maximum absolute atomic E-state index is 5.30. The summed E-state index contributed by atoms with van der Waals surface area (Å²) in [5, 5.41) is 0. The van der Waals surface area contributed by atoms with Gasteiger partial charge in [0.25, 0.3) is 9.76 Å². The molecule has 1 rings (SSSR count). The summed E-state index contributed by atoms with van der Waals surface area (Å²) >= 11 is 3.64. The molecule has 1 heterocycles. The Balaban J connectivity index is 1.66. The second-order valence-corrected chi connectivity index (χ2v) is 3.89. The van der Waals surface area contributed by atoms with Crippen LogP contribution in [0.1, 0.15) is 6.42 Å². The molecule has 0 amide bonds. The Hall–Kier alpha value is 0.447. The predicted molar refractivity (Wildman–Crippen MR) is 45.8 cm³/mol. The van der Waals surface area contributed by atoms with Gasteiger partial charge in [-0.15, -0.1) is 0 Å². The Morgan fingerprint density at radius 1 is 1.64 bits per heavy atom. The molecule has 1 aliphatic heterocycles. The third kappa shape index (κ3) is 5.69. The Morgan fingerprint density at radius 3 is 3.09 bits per heavy atom. The normalized spacial score (nSPS) is 22.1. The van der Waals surface area contributed by atoms with Crippen molar-refractivity contribution in [1.29, 1.82) is 0 Å². The van der Waals surface area contributed by atoms with Crippen molar-refractivity contribution in [3.05, 3.63) is 0 Å². The minimum atomic E-state index is 0.388. The van der Waals surface area contributed by atoms with Gasteiger partial charge in [0.05, 0.1) is 13.2 Å². The van der Waals surface area contributed by atoms with Crippen LogP contribution in [0.15, 0.2) is 0 Å². The highest BCUT2D eigenvalue weighted by Gasteiger charge is 2.21. The van der Waals surface area contributed by atoms with Crippen molar-refractivity contribution in [3.8, 4) is 0 Å². The summed E-state index contributed by atoms with van der Waals surface area (Å²) in [6.07, 6.45) is 1.43. The van der Waals surface area contributed by atoms with Crippen molar-refractivity contribution in [2.24, 2.45) is 0 Å². The Bertz CT molecular complexity index is 99.8. The summed E-state index contributed by atoms with van der Waals surface area (Å²) in [4.78, 5) is 0. The molecule has 1 aliphatic rings. The maximum atomic E-state index is 5.30. The molecule has 0 aromatic rings. The average Bonchev–Trinajstić information content (AvgIpc) is 2.80. The largest absolute Gasteiger partial charge is 0.379 e. The summed E-state index contributed by atoms with van der Waals surface area (Å²) in [5.41, 5.74) is 0. The molecule has 0 saturated carbocycles. The molecule has 64 valence electrons. The molecule has 0 aliphatic carbocycles. The lowest BCUT2D eigenvalue weighted by atomic mass is 10.5. The summed E-state index contributed by atoms with van der Waals surface area (Å²) in [6, 6.07) is 1.04. The van der Waals surface area contributed by atoms with Gasteiger partial charge in [0.15, 0.2) is 0 Å². The topological polar surface area (TPSA) is 31.0 Å². The quantitative estimate of drug-likeness (QED) is 0.212. The highest BCUT2D eigenvalue weighted by Crippen LogP contribution is 2.08. The van der Waals surface area contributed by atoms with Gasteiger partial charge < -0.3 is 13.3 Å². The van der Waals surface area contributed by atoms with Gasteiger partial charge in [0.2, 0.25) is 0 Å². The van der Waals surface area contributed by atoms with E-state index in [1.165, 1.54) is 0 Å². The predicted octanol–water partition coefficient (Wildman–Crippen LogP) is 0.691. The minimum Gasteiger partial charge on any atom is -0.379 e. The van der Waals surface area contributed by atoms with Gasteiger partial charge in [-0.05, 0) is 25.4 Å². The fourth-order valence-corrected chi connectivity index (χ4v) is 1.32. The lowest BCUT2D eigenvalue weighted by Gasteiger charge is -1.99. The molecule has 1 fully saturated rings. The Labute approximate surface area is 75.0 Å². The van der Waals surface area contributed by atoms with Crippen molar-refractivity contribution in [3.63, 3.8) is 0 Å². The molecule has 0 aromatic heterocycles. The van der Waals surface area contributed by atoms with E-state index >= 15 is 0 Å². The zero-order valence-corrected chi connectivity index (χ0v) is 8.18. The molecule has 1 atom stereocenters. The van der Waals surface area contributed by atoms with Crippen LogP contribution < -0.4 is 0 Å². The van der Waals surface area contributed by atoms with Gasteiger partial charge >= 0.3 is 0 Å². The lowest BCUT2D eigenvalue weighted by molar-refractivity contribution is 0.117. The molecular formula is C6H12O3SSi. The minimum absolute atomic E-state index is 0.388. The third-order valence-electron chi connectivity index (χ3n) is 1.34. The first-order valence-corrected chi connectivity index (χ1v) is 5.14. The van der Waals surface area contributed by atoms with Gasteiger partial charge in [0, 0.05) is 6.61 Å². The van der Waals surface area contributed by atoms with Crippen LogP contribution in [0.25, 0.3) is 0 Å². The Kier molecular flexibility index (Phi) is 5.22. The van der Waals surface area contributed by atoms with E-state index in [0.29, 0.717) is 15.9 Å². The van der Waals surface area contributed by atoms with Crippen LogP contribution in [0, 0.1) is 0 Å². The van der Waals surface area contributed by atoms with Crippen LogP contribution >= 0.6 is 12.9 Å². The van der Waals surface area contributed by atoms with Gasteiger partial charge in [-0.3, -0.25) is 0 Å². The first kappa shape index (κ1) is 9.53. The molecule has 0 bridgehead atoms. The lowest BCUT2D eigenvalue weighted by Crippen LogP contribution is -2.03. The molecule has 2 radical (unpaired) electrons. The van der Waals surface area contributed by atoms with Crippen LogP contribution in [-0.2, 0) is 13.3 Å². The van der Waals surface area contributed by atoms with E-state index in [4.69, 9.17) is 9.47 Å². The highest BCUT2D eigenvalue weighted by atomic mass is 32.1. The van der Waals surface area contributed by atoms with Crippen molar-refractivity contribution in [2.75, 3.05) is 19.8 Å². The van der Waals surface area contributed by atoms with E-state index < -0.39 is 0 Å². The van der Waals surface area contributed by atoms with Crippen LogP contribution in [0.2, 0.25) is 6.04 Å². The zero-order chi connectivity index (χ0) is 7.94. The standard InChI is InChI=1S/C6H12O3SSi/c10-9-11-3-1-2-7-4-6-5-8-6/h6,10H,1-5H2.